The number of sulfonamides is 1. The minimum atomic E-state index is -4.08. The van der Waals surface area contributed by atoms with Gasteiger partial charge in [-0.3, -0.25) is 4.79 Å². The van der Waals surface area contributed by atoms with Crippen LogP contribution in [0.25, 0.3) is 0 Å². The molecule has 0 aliphatic carbocycles. The van der Waals surface area contributed by atoms with Crippen LogP contribution in [0.5, 0.6) is 0 Å². The highest BCUT2D eigenvalue weighted by Gasteiger charge is 2.30. The maximum Gasteiger partial charge on any atom is 0.244 e. The van der Waals surface area contributed by atoms with E-state index < -0.39 is 26.8 Å². The Morgan fingerprint density at radius 3 is 2.73 bits per heavy atom. The molecular formula is C14H20FN3O3S. The standard InChI is InChI=1S/C14H20FN3O3S/c1-10(14(19)18(2)11-7-8-16-9-11)17-22(20,21)13-6-4-3-5-12(13)15/h3-6,10-11,16-17H,7-9H2,1-2H3. The molecule has 2 atom stereocenters. The Labute approximate surface area is 129 Å². The summed E-state index contributed by atoms with van der Waals surface area (Å²) < 4.78 is 40.2. The first-order chi connectivity index (χ1) is 10.3. The fourth-order valence-corrected chi connectivity index (χ4v) is 3.74. The molecule has 1 saturated heterocycles. The van der Waals surface area contributed by atoms with E-state index in [9.17, 15) is 17.6 Å². The van der Waals surface area contributed by atoms with Crippen molar-refractivity contribution >= 4 is 15.9 Å². The number of amides is 1. The molecule has 0 radical (unpaired) electrons. The number of nitrogens with zero attached hydrogens (tertiary/aromatic N) is 1. The van der Waals surface area contributed by atoms with Crippen LogP contribution < -0.4 is 10.0 Å². The molecule has 1 fully saturated rings. The van der Waals surface area contributed by atoms with Crippen molar-refractivity contribution in [3.8, 4) is 0 Å². The molecule has 1 aromatic rings. The van der Waals surface area contributed by atoms with Gasteiger partial charge in [-0.05, 0) is 32.0 Å². The van der Waals surface area contributed by atoms with E-state index in [1.807, 2.05) is 0 Å². The third kappa shape index (κ3) is 3.63. The summed E-state index contributed by atoms with van der Waals surface area (Å²) in [6.45, 7) is 2.98. The molecule has 0 aromatic heterocycles. The second-order valence-electron chi connectivity index (χ2n) is 5.37. The van der Waals surface area contributed by atoms with Crippen LogP contribution in [-0.4, -0.2) is 51.4 Å². The van der Waals surface area contributed by atoms with Crippen molar-refractivity contribution in [1.29, 1.82) is 0 Å². The normalized spacial score (nSPS) is 19.9. The van der Waals surface area contributed by atoms with Gasteiger partial charge in [0.25, 0.3) is 0 Å². The largest absolute Gasteiger partial charge is 0.340 e. The Morgan fingerprint density at radius 2 is 2.14 bits per heavy atom. The van der Waals surface area contributed by atoms with Gasteiger partial charge in [-0.25, -0.2) is 12.8 Å². The van der Waals surface area contributed by atoms with Crippen LogP contribution in [0.3, 0.4) is 0 Å². The number of carbonyl (C=O) groups excluding carboxylic acids is 1. The number of benzene rings is 1. The average Bonchev–Trinajstić information content (AvgIpc) is 2.99. The first-order valence-corrected chi connectivity index (χ1v) is 8.55. The zero-order valence-corrected chi connectivity index (χ0v) is 13.4. The van der Waals surface area contributed by atoms with Crippen molar-refractivity contribution in [3.05, 3.63) is 30.1 Å². The topological polar surface area (TPSA) is 78.5 Å². The number of likely N-dealkylation sites (N-methyl/N-ethyl adjacent to an activating group) is 1. The quantitative estimate of drug-likeness (QED) is 0.815. The summed E-state index contributed by atoms with van der Waals surface area (Å²) in [6.07, 6.45) is 0.828. The van der Waals surface area contributed by atoms with E-state index in [-0.39, 0.29) is 11.9 Å². The Bertz CT molecular complexity index is 644. The highest BCUT2D eigenvalue weighted by Crippen LogP contribution is 2.14. The highest BCUT2D eigenvalue weighted by molar-refractivity contribution is 7.89. The predicted octanol–water partition coefficient (Wildman–Crippen LogP) is 0.313. The van der Waals surface area contributed by atoms with Gasteiger partial charge in [0.15, 0.2) is 0 Å². The van der Waals surface area contributed by atoms with Gasteiger partial charge in [-0.1, -0.05) is 12.1 Å². The van der Waals surface area contributed by atoms with Gasteiger partial charge in [-0.15, -0.1) is 0 Å². The number of halogens is 1. The molecule has 1 amide bonds. The monoisotopic (exact) mass is 329 g/mol. The second kappa shape index (κ2) is 6.72. The summed E-state index contributed by atoms with van der Waals surface area (Å²) in [4.78, 5) is 13.4. The van der Waals surface area contributed by atoms with Crippen LogP contribution in [0.15, 0.2) is 29.2 Å². The number of hydrogen-bond acceptors (Lipinski definition) is 4. The van der Waals surface area contributed by atoms with Gasteiger partial charge in [0.2, 0.25) is 15.9 Å². The Kier molecular flexibility index (Phi) is 5.15. The molecule has 1 aromatic carbocycles. The Hall–Kier alpha value is -1.51. The van der Waals surface area contributed by atoms with Crippen LogP contribution in [0, 0.1) is 5.82 Å². The summed E-state index contributed by atoms with van der Waals surface area (Å²) in [5, 5.41) is 3.15. The van der Waals surface area contributed by atoms with E-state index >= 15 is 0 Å². The Morgan fingerprint density at radius 1 is 1.45 bits per heavy atom. The van der Waals surface area contributed by atoms with Crippen LogP contribution in [0.1, 0.15) is 13.3 Å². The van der Waals surface area contributed by atoms with Crippen LogP contribution in [-0.2, 0) is 14.8 Å². The molecule has 0 spiro atoms. The van der Waals surface area contributed by atoms with Gasteiger partial charge < -0.3 is 10.2 Å². The van der Waals surface area contributed by atoms with Crippen molar-refractivity contribution in [1.82, 2.24) is 14.9 Å². The van der Waals surface area contributed by atoms with Gasteiger partial charge in [0.05, 0.1) is 6.04 Å². The van der Waals surface area contributed by atoms with Crippen molar-refractivity contribution in [2.24, 2.45) is 0 Å². The SMILES string of the molecule is CC(NS(=O)(=O)c1ccccc1F)C(=O)N(C)C1CCNC1. The zero-order chi connectivity index (χ0) is 16.3. The molecule has 2 unspecified atom stereocenters. The number of carbonyl (C=O) groups is 1. The maximum absolute atomic E-state index is 13.6. The van der Waals surface area contributed by atoms with E-state index in [0.29, 0.717) is 6.54 Å². The molecule has 122 valence electrons. The summed E-state index contributed by atoms with van der Waals surface area (Å²) in [6, 6.07) is 4.16. The second-order valence-corrected chi connectivity index (χ2v) is 7.05. The maximum atomic E-state index is 13.6. The van der Waals surface area contributed by atoms with Crippen molar-refractivity contribution in [2.45, 2.75) is 30.3 Å². The molecule has 1 aliphatic rings. The van der Waals surface area contributed by atoms with Gasteiger partial charge in [0.1, 0.15) is 10.7 Å². The lowest BCUT2D eigenvalue weighted by atomic mass is 10.2. The lowest BCUT2D eigenvalue weighted by Crippen LogP contribution is -2.49. The van der Waals surface area contributed by atoms with Gasteiger partial charge in [-0.2, -0.15) is 4.72 Å². The molecule has 2 rings (SSSR count). The molecule has 2 N–H and O–H groups in total. The van der Waals surface area contributed by atoms with E-state index in [0.717, 1.165) is 19.0 Å². The number of rotatable bonds is 5. The molecule has 1 aliphatic heterocycles. The molecule has 1 heterocycles. The van der Waals surface area contributed by atoms with Crippen molar-refractivity contribution in [2.75, 3.05) is 20.1 Å². The molecular weight excluding hydrogens is 309 g/mol. The fraction of sp³-hybridized carbons (Fsp3) is 0.500. The van der Waals surface area contributed by atoms with Crippen LogP contribution >= 0.6 is 0 Å². The molecule has 6 nitrogen and oxygen atoms in total. The van der Waals surface area contributed by atoms with E-state index in [1.165, 1.54) is 30.0 Å². The van der Waals surface area contributed by atoms with E-state index in [4.69, 9.17) is 0 Å². The van der Waals surface area contributed by atoms with Crippen molar-refractivity contribution < 1.29 is 17.6 Å². The molecule has 22 heavy (non-hydrogen) atoms. The molecule has 0 saturated carbocycles. The summed E-state index contributed by atoms with van der Waals surface area (Å²) in [5.41, 5.74) is 0. The van der Waals surface area contributed by atoms with E-state index in [1.54, 1.807) is 7.05 Å². The lowest BCUT2D eigenvalue weighted by molar-refractivity contribution is -0.133. The first-order valence-electron chi connectivity index (χ1n) is 7.07. The molecule has 0 bridgehead atoms. The minimum Gasteiger partial charge on any atom is -0.340 e. The number of hydrogen-bond donors (Lipinski definition) is 2. The third-order valence-electron chi connectivity index (χ3n) is 3.76. The van der Waals surface area contributed by atoms with Crippen molar-refractivity contribution in [3.63, 3.8) is 0 Å². The minimum absolute atomic E-state index is 0.0490. The lowest BCUT2D eigenvalue weighted by Gasteiger charge is -2.27. The van der Waals surface area contributed by atoms with Gasteiger partial charge in [0, 0.05) is 19.6 Å². The smallest absolute Gasteiger partial charge is 0.244 e. The number of nitrogens with one attached hydrogen (secondary N) is 2. The van der Waals surface area contributed by atoms with Crippen LogP contribution in [0.4, 0.5) is 4.39 Å². The van der Waals surface area contributed by atoms with Crippen LogP contribution in [0.2, 0.25) is 0 Å². The van der Waals surface area contributed by atoms with E-state index in [2.05, 4.69) is 10.0 Å². The summed E-state index contributed by atoms with van der Waals surface area (Å²) in [5.74, 6) is -1.18. The Balaban J connectivity index is 2.08. The first kappa shape index (κ1) is 16.9. The average molecular weight is 329 g/mol. The molecule has 8 heteroatoms. The third-order valence-corrected chi connectivity index (χ3v) is 5.33. The zero-order valence-electron chi connectivity index (χ0n) is 12.5. The predicted molar refractivity (Wildman–Crippen MR) is 80.2 cm³/mol. The highest BCUT2D eigenvalue weighted by atomic mass is 32.2. The summed E-state index contributed by atoms with van der Waals surface area (Å²) in [7, 11) is -2.43. The van der Waals surface area contributed by atoms with Gasteiger partial charge >= 0.3 is 0 Å². The summed E-state index contributed by atoms with van der Waals surface area (Å²) >= 11 is 0. The fourth-order valence-electron chi connectivity index (χ4n) is 2.46.